The fourth-order valence-electron chi connectivity index (χ4n) is 4.02. The number of fused-ring (bicyclic) bond motifs is 3. The van der Waals surface area contributed by atoms with Gasteiger partial charge < -0.3 is 40.6 Å². The third-order valence-electron chi connectivity index (χ3n) is 5.82. The number of rotatable bonds is 13. The molecule has 0 radical (unpaired) electrons. The Morgan fingerprint density at radius 2 is 1.95 bits per heavy atom. The first-order valence-electron chi connectivity index (χ1n) is 12.6. The Labute approximate surface area is 242 Å². The van der Waals surface area contributed by atoms with Gasteiger partial charge in [-0.3, -0.25) is 19.4 Å². The number of carbonyl (C=O) groups excluding carboxylic acids is 2. The molecule has 0 atom stereocenters. The van der Waals surface area contributed by atoms with Gasteiger partial charge in [0.15, 0.2) is 0 Å². The molecular formula is C26H35Cl2N5O7. The minimum absolute atomic E-state index is 0.0576. The molecule has 0 unspecified atom stereocenters. The molecule has 2 amide bonds. The largest absolute Gasteiger partial charge is 0.483 e. The molecule has 14 heteroatoms. The average molecular weight is 601 g/mol. The molecule has 0 saturated carbocycles. The van der Waals surface area contributed by atoms with Crippen LogP contribution in [0.25, 0.3) is 16.6 Å². The van der Waals surface area contributed by atoms with E-state index in [1.807, 2.05) is 6.92 Å². The monoisotopic (exact) mass is 599 g/mol. The van der Waals surface area contributed by atoms with Gasteiger partial charge in [-0.15, -0.1) is 0 Å². The first kappa shape index (κ1) is 33.0. The van der Waals surface area contributed by atoms with Gasteiger partial charge in [0.2, 0.25) is 11.8 Å². The number of nitrogens with zero attached hydrogens (tertiary/aromatic N) is 2. The van der Waals surface area contributed by atoms with Crippen LogP contribution < -0.4 is 11.1 Å². The molecule has 0 fully saturated rings. The van der Waals surface area contributed by atoms with Gasteiger partial charge in [-0.25, -0.2) is 0 Å². The zero-order chi connectivity index (χ0) is 29.5. The van der Waals surface area contributed by atoms with E-state index in [0.29, 0.717) is 79.3 Å². The molecule has 1 aliphatic heterocycles. The van der Waals surface area contributed by atoms with Gasteiger partial charge in [0, 0.05) is 66.8 Å². The van der Waals surface area contributed by atoms with Crippen molar-refractivity contribution in [3.8, 4) is 0 Å². The number of hydrogen-bond acceptors (Lipinski definition) is 8. The summed E-state index contributed by atoms with van der Waals surface area (Å²) in [5.41, 5.74) is 9.84. The van der Waals surface area contributed by atoms with E-state index >= 15 is 0 Å². The maximum atomic E-state index is 12.1. The molecule has 1 aliphatic rings. The van der Waals surface area contributed by atoms with Crippen LogP contribution in [-0.2, 0) is 36.8 Å². The Bertz CT molecular complexity index is 1220. The molecule has 12 nitrogen and oxygen atoms in total. The predicted octanol–water partition coefficient (Wildman–Crippen LogP) is 1.98. The van der Waals surface area contributed by atoms with Crippen LogP contribution in [0.1, 0.15) is 30.2 Å². The van der Waals surface area contributed by atoms with Crippen LogP contribution in [0.3, 0.4) is 0 Å². The van der Waals surface area contributed by atoms with Crippen LogP contribution in [0, 0.1) is 0 Å². The van der Waals surface area contributed by atoms with Gasteiger partial charge in [0.1, 0.15) is 13.2 Å². The summed E-state index contributed by atoms with van der Waals surface area (Å²) < 4.78 is 10.7. The lowest BCUT2D eigenvalue weighted by atomic mass is 9.99. The van der Waals surface area contributed by atoms with Gasteiger partial charge in [-0.2, -0.15) is 0 Å². The van der Waals surface area contributed by atoms with Crippen molar-refractivity contribution < 1.29 is 34.1 Å². The highest BCUT2D eigenvalue weighted by Crippen LogP contribution is 2.39. The second kappa shape index (κ2) is 17.5. The van der Waals surface area contributed by atoms with E-state index in [4.69, 9.17) is 48.3 Å². The molecular weight excluding hydrogens is 565 g/mol. The van der Waals surface area contributed by atoms with Crippen molar-refractivity contribution in [3.63, 3.8) is 0 Å². The first-order valence-corrected chi connectivity index (χ1v) is 13.4. The summed E-state index contributed by atoms with van der Waals surface area (Å²) in [6.07, 6.45) is 4.60. The Kier molecular flexibility index (Phi) is 14.5. The average Bonchev–Trinajstić information content (AvgIpc) is 3.33. The summed E-state index contributed by atoms with van der Waals surface area (Å²) in [5.74, 6) is -0.581. The number of aliphatic hydroxyl groups excluding tert-OH is 1. The maximum absolute atomic E-state index is 12.1. The lowest BCUT2D eigenvalue weighted by Gasteiger charge is -2.27. The van der Waals surface area contributed by atoms with Crippen LogP contribution >= 0.6 is 23.2 Å². The SMILES string of the molecule is CCCOCCOCCNC(=O)CN=C/C=C(\N)c1cc(Cl)c(Cl)c2[nH]c3c(c12)CN(C(=O)CO)CC3.O=CO. The molecule has 6 N–H and O–H groups in total. The second-order valence-electron chi connectivity index (χ2n) is 8.57. The van der Waals surface area contributed by atoms with E-state index in [0.717, 1.165) is 23.1 Å². The van der Waals surface area contributed by atoms with Gasteiger partial charge in [0.05, 0.1) is 35.4 Å². The van der Waals surface area contributed by atoms with E-state index < -0.39 is 6.61 Å². The van der Waals surface area contributed by atoms with Crippen molar-refractivity contribution in [1.82, 2.24) is 15.2 Å². The molecule has 3 rings (SSSR count). The van der Waals surface area contributed by atoms with Crippen molar-refractivity contribution in [3.05, 3.63) is 39.0 Å². The number of ether oxygens (including phenoxy) is 2. The second-order valence-corrected chi connectivity index (χ2v) is 9.35. The van der Waals surface area contributed by atoms with Crippen molar-refractivity contribution in [2.24, 2.45) is 10.7 Å². The molecule has 0 saturated heterocycles. The summed E-state index contributed by atoms with van der Waals surface area (Å²) in [5, 5.41) is 20.4. The predicted molar refractivity (Wildman–Crippen MR) is 154 cm³/mol. The fraction of sp³-hybridized carbons (Fsp3) is 0.462. The molecule has 40 heavy (non-hydrogen) atoms. The van der Waals surface area contributed by atoms with Crippen LogP contribution in [0.4, 0.5) is 0 Å². The standard InChI is InChI=1S/C25H33Cl2N5O5.CH2O2/c1-2-8-36-10-11-37-9-6-30-21(34)13-29-5-3-19(28)16-12-18(26)24(27)25-23(16)17-14-32(22(35)15-33)7-4-20(17)31-25;2-1-3/h3,5,12,31,33H,2,4,6-11,13-15,28H2,1H3,(H,30,34);1H,(H,2,3)/b19-3-,29-5?;. The van der Waals surface area contributed by atoms with Gasteiger partial charge in [-0.1, -0.05) is 30.1 Å². The summed E-state index contributed by atoms with van der Waals surface area (Å²) in [4.78, 5) is 41.4. The molecule has 0 aliphatic carbocycles. The Morgan fingerprint density at radius 1 is 1.25 bits per heavy atom. The maximum Gasteiger partial charge on any atom is 0.290 e. The zero-order valence-electron chi connectivity index (χ0n) is 22.3. The van der Waals surface area contributed by atoms with Gasteiger partial charge >= 0.3 is 0 Å². The molecule has 0 spiro atoms. The number of allylic oxidation sites excluding steroid dienone is 1. The first-order chi connectivity index (χ1) is 19.3. The van der Waals surface area contributed by atoms with E-state index in [1.165, 1.54) is 6.21 Å². The van der Waals surface area contributed by atoms with E-state index in [-0.39, 0.29) is 24.8 Å². The van der Waals surface area contributed by atoms with Gasteiger partial charge in [-0.05, 0) is 18.6 Å². The number of aromatic nitrogens is 1. The molecule has 220 valence electrons. The normalized spacial score (nSPS) is 13.2. The quantitative estimate of drug-likeness (QED) is 0.132. The van der Waals surface area contributed by atoms with Crippen LogP contribution in [0.5, 0.6) is 0 Å². The number of hydrogen-bond donors (Lipinski definition) is 5. The highest BCUT2D eigenvalue weighted by atomic mass is 35.5. The number of halogens is 2. The number of nitrogens with one attached hydrogen (secondary N) is 2. The van der Waals surface area contributed by atoms with E-state index in [1.54, 1.807) is 17.0 Å². The number of aliphatic imine (C=N–C) groups is 1. The van der Waals surface area contributed by atoms with E-state index in [2.05, 4.69) is 15.3 Å². The number of aliphatic hydroxyl groups is 1. The Balaban J connectivity index is 0.00000178. The third-order valence-corrected chi connectivity index (χ3v) is 6.61. The number of aromatic amines is 1. The van der Waals surface area contributed by atoms with Crippen LogP contribution in [0.15, 0.2) is 17.1 Å². The highest BCUT2D eigenvalue weighted by Gasteiger charge is 2.27. The lowest BCUT2D eigenvalue weighted by Crippen LogP contribution is -2.37. The molecule has 1 aromatic carbocycles. The zero-order valence-corrected chi connectivity index (χ0v) is 23.8. The van der Waals surface area contributed by atoms with Crippen molar-refractivity contribution in [2.75, 3.05) is 52.7 Å². The number of nitrogens with two attached hydrogens (primary N) is 1. The fourth-order valence-corrected chi connectivity index (χ4v) is 4.42. The highest BCUT2D eigenvalue weighted by molar-refractivity contribution is 6.45. The number of amides is 2. The smallest absolute Gasteiger partial charge is 0.290 e. The number of carbonyl (C=O) groups is 3. The Morgan fingerprint density at radius 3 is 2.62 bits per heavy atom. The molecule has 2 aromatic rings. The minimum Gasteiger partial charge on any atom is -0.483 e. The molecule has 1 aromatic heterocycles. The summed E-state index contributed by atoms with van der Waals surface area (Å²) in [6, 6.07) is 1.67. The van der Waals surface area contributed by atoms with Gasteiger partial charge in [0.25, 0.3) is 6.47 Å². The number of carboxylic acid groups (broad SMARTS) is 1. The van der Waals surface area contributed by atoms with Crippen molar-refractivity contribution in [1.29, 1.82) is 0 Å². The number of H-pyrrole nitrogens is 1. The minimum atomic E-state index is -0.551. The molecule has 0 bridgehead atoms. The summed E-state index contributed by atoms with van der Waals surface area (Å²) in [7, 11) is 0. The van der Waals surface area contributed by atoms with E-state index in [9.17, 15) is 14.7 Å². The molecule has 2 heterocycles. The Hall–Kier alpha value is -3.16. The van der Waals surface area contributed by atoms with Crippen LogP contribution in [-0.4, -0.2) is 97.3 Å². The summed E-state index contributed by atoms with van der Waals surface area (Å²) in [6.45, 7) is 4.50. The topological polar surface area (TPSA) is 180 Å². The van der Waals surface area contributed by atoms with Crippen molar-refractivity contribution in [2.45, 2.75) is 26.3 Å². The lowest BCUT2D eigenvalue weighted by molar-refractivity contribution is -0.135. The number of benzene rings is 1. The van der Waals surface area contributed by atoms with Crippen molar-refractivity contribution >= 4 is 64.3 Å². The third kappa shape index (κ3) is 9.49. The summed E-state index contributed by atoms with van der Waals surface area (Å²) >= 11 is 12.8. The van der Waals surface area contributed by atoms with Crippen LogP contribution in [0.2, 0.25) is 10.0 Å².